The second kappa shape index (κ2) is 21.7. The zero-order valence-electron chi connectivity index (χ0n) is 26.4. The van der Waals surface area contributed by atoms with E-state index in [1.54, 1.807) is 0 Å². The fourth-order valence-corrected chi connectivity index (χ4v) is 5.31. The molecule has 2 aromatic rings. The topological polar surface area (TPSA) is 24.7 Å². The van der Waals surface area contributed by atoms with Gasteiger partial charge < -0.3 is 0 Å². The Morgan fingerprint density at radius 1 is 0.550 bits per heavy atom. The standard InChI is InChI=1S/C37H56N2.Ni/c1-7-8-9-10-11-12-13-14-15-16-17-18-19-20-21-22-23-37(39-36-28-32(4)25-33(5)29-36)34(6)38-35-26-30(2)24-31(3)27-35;/h22-29H,7-21H2,1-6H3;. The van der Waals surface area contributed by atoms with Crippen LogP contribution in [0.3, 0.4) is 0 Å². The Hall–Kier alpha value is -1.99. The van der Waals surface area contributed by atoms with Gasteiger partial charge in [0.2, 0.25) is 0 Å². The number of unbranched alkanes of at least 4 members (excludes halogenated alkanes) is 14. The van der Waals surface area contributed by atoms with Crippen molar-refractivity contribution in [3.8, 4) is 0 Å². The van der Waals surface area contributed by atoms with E-state index in [2.05, 4.69) is 90.1 Å². The minimum absolute atomic E-state index is 0. The molecule has 2 aromatic carbocycles. The molecule has 0 aliphatic heterocycles. The van der Waals surface area contributed by atoms with Crippen molar-refractivity contribution < 1.29 is 16.5 Å². The van der Waals surface area contributed by atoms with Crippen LogP contribution in [0.25, 0.3) is 0 Å². The van der Waals surface area contributed by atoms with Gasteiger partial charge in [0.15, 0.2) is 0 Å². The monoisotopic (exact) mass is 586 g/mol. The molecule has 0 saturated heterocycles. The van der Waals surface area contributed by atoms with Gasteiger partial charge in [-0.2, -0.15) is 0 Å². The van der Waals surface area contributed by atoms with E-state index in [-0.39, 0.29) is 16.5 Å². The summed E-state index contributed by atoms with van der Waals surface area (Å²) in [6, 6.07) is 13.0. The van der Waals surface area contributed by atoms with Crippen LogP contribution < -0.4 is 0 Å². The van der Waals surface area contributed by atoms with Crippen LogP contribution in [-0.4, -0.2) is 11.4 Å². The van der Waals surface area contributed by atoms with Gasteiger partial charge in [-0.3, -0.25) is 4.99 Å². The smallest absolute Gasteiger partial charge is 0.0845 e. The molecule has 2 rings (SSSR count). The molecule has 0 aliphatic rings. The third kappa shape index (κ3) is 16.3. The summed E-state index contributed by atoms with van der Waals surface area (Å²) >= 11 is 0. The Bertz CT molecular complexity index is 1020. The predicted octanol–water partition coefficient (Wildman–Crippen LogP) is 12.2. The van der Waals surface area contributed by atoms with Gasteiger partial charge in [-0.05, 0) is 100 Å². The fourth-order valence-electron chi connectivity index (χ4n) is 5.31. The van der Waals surface area contributed by atoms with E-state index in [1.165, 1.54) is 112 Å². The van der Waals surface area contributed by atoms with E-state index < -0.39 is 0 Å². The molecule has 0 atom stereocenters. The molecule has 0 N–H and O–H groups in total. The molecule has 0 aromatic heterocycles. The molecular formula is C37H56N2Ni. The number of nitrogens with zero attached hydrogens (tertiary/aromatic N) is 2. The van der Waals surface area contributed by atoms with E-state index in [0.29, 0.717) is 0 Å². The number of aryl methyl sites for hydroxylation is 4. The minimum atomic E-state index is 0. The van der Waals surface area contributed by atoms with Crippen LogP contribution in [0.4, 0.5) is 11.4 Å². The van der Waals surface area contributed by atoms with E-state index in [9.17, 15) is 0 Å². The number of rotatable bonds is 19. The third-order valence-electron chi connectivity index (χ3n) is 7.33. The molecule has 0 heterocycles. The van der Waals surface area contributed by atoms with Gasteiger partial charge in [-0.15, -0.1) is 0 Å². The maximum Gasteiger partial charge on any atom is 0.0845 e. The first-order valence-corrected chi connectivity index (χ1v) is 15.8. The molecule has 0 bridgehead atoms. The molecule has 3 heteroatoms. The van der Waals surface area contributed by atoms with Gasteiger partial charge in [0.1, 0.15) is 0 Å². The van der Waals surface area contributed by atoms with E-state index in [1.807, 2.05) is 0 Å². The second-order valence-electron chi connectivity index (χ2n) is 11.7. The summed E-state index contributed by atoms with van der Waals surface area (Å²) < 4.78 is 0. The summed E-state index contributed by atoms with van der Waals surface area (Å²) in [6.07, 6.45) is 25.1. The summed E-state index contributed by atoms with van der Waals surface area (Å²) in [4.78, 5) is 9.98. The Balaban J connectivity index is 0.00000800. The van der Waals surface area contributed by atoms with Gasteiger partial charge >= 0.3 is 0 Å². The van der Waals surface area contributed by atoms with Crippen molar-refractivity contribution >= 4 is 22.8 Å². The zero-order chi connectivity index (χ0) is 28.3. The van der Waals surface area contributed by atoms with E-state index >= 15 is 0 Å². The number of allylic oxidation sites excluding steroid dienone is 2. The van der Waals surface area contributed by atoms with Gasteiger partial charge in [0.05, 0.1) is 22.8 Å². The van der Waals surface area contributed by atoms with Crippen LogP contribution in [0.1, 0.15) is 132 Å². The Labute approximate surface area is 257 Å². The molecular weight excluding hydrogens is 531 g/mol. The molecule has 0 radical (unpaired) electrons. The Morgan fingerprint density at radius 3 is 1.35 bits per heavy atom. The summed E-state index contributed by atoms with van der Waals surface area (Å²) in [5.41, 5.74) is 8.86. The molecule has 0 unspecified atom stereocenters. The summed E-state index contributed by atoms with van der Waals surface area (Å²) in [5, 5.41) is 0. The van der Waals surface area contributed by atoms with Crippen molar-refractivity contribution in [2.24, 2.45) is 9.98 Å². The normalized spacial score (nSPS) is 12.2. The van der Waals surface area contributed by atoms with Crippen molar-refractivity contribution in [2.45, 2.75) is 138 Å². The van der Waals surface area contributed by atoms with Crippen LogP contribution in [0.15, 0.2) is 58.5 Å². The summed E-state index contributed by atoms with van der Waals surface area (Å²) in [6.45, 7) is 12.9. The quantitative estimate of drug-likeness (QED) is 0.0887. The molecule has 0 aliphatic carbocycles. The molecule has 224 valence electrons. The number of aliphatic imine (C=N–C) groups is 2. The first kappa shape index (κ1) is 36.0. The van der Waals surface area contributed by atoms with Crippen molar-refractivity contribution in [3.63, 3.8) is 0 Å². The van der Waals surface area contributed by atoms with Crippen molar-refractivity contribution in [1.82, 2.24) is 0 Å². The van der Waals surface area contributed by atoms with Crippen molar-refractivity contribution in [1.29, 1.82) is 0 Å². The first-order valence-electron chi connectivity index (χ1n) is 15.8. The second-order valence-corrected chi connectivity index (χ2v) is 11.7. The Kier molecular flexibility index (Phi) is 19.6. The zero-order valence-corrected chi connectivity index (χ0v) is 27.4. The maximum atomic E-state index is 5.03. The van der Waals surface area contributed by atoms with Crippen molar-refractivity contribution in [3.05, 3.63) is 70.8 Å². The molecule has 0 fully saturated rings. The van der Waals surface area contributed by atoms with Gasteiger partial charge in [0.25, 0.3) is 0 Å². The maximum absolute atomic E-state index is 5.03. The van der Waals surface area contributed by atoms with Gasteiger partial charge in [-0.1, -0.05) is 109 Å². The van der Waals surface area contributed by atoms with Crippen LogP contribution >= 0.6 is 0 Å². The molecule has 2 nitrogen and oxygen atoms in total. The van der Waals surface area contributed by atoms with Crippen LogP contribution in [0, 0.1) is 27.7 Å². The number of hydrogen-bond acceptors (Lipinski definition) is 2. The third-order valence-corrected chi connectivity index (χ3v) is 7.33. The van der Waals surface area contributed by atoms with E-state index in [0.717, 1.165) is 29.2 Å². The number of hydrogen-bond donors (Lipinski definition) is 0. The fraction of sp³-hybridized carbons (Fsp3) is 0.568. The van der Waals surface area contributed by atoms with E-state index in [4.69, 9.17) is 9.98 Å². The predicted molar refractivity (Wildman–Crippen MR) is 176 cm³/mol. The SMILES string of the molecule is CCCCCCCCCCCCCCCCC=CC(=Nc1cc(C)cc(C)c1)C(C)=Nc1cc(C)cc(C)c1.[Ni]. The molecule has 0 amide bonds. The minimum Gasteiger partial charge on any atom is -0.251 e. The average Bonchev–Trinajstić information content (AvgIpc) is 2.86. The summed E-state index contributed by atoms with van der Waals surface area (Å²) in [5.74, 6) is 0. The van der Waals surface area contributed by atoms with Crippen LogP contribution in [0.5, 0.6) is 0 Å². The first-order chi connectivity index (χ1) is 18.9. The molecule has 0 spiro atoms. The largest absolute Gasteiger partial charge is 0.251 e. The molecule has 0 saturated carbocycles. The van der Waals surface area contributed by atoms with Gasteiger partial charge in [0, 0.05) is 16.5 Å². The van der Waals surface area contributed by atoms with Crippen molar-refractivity contribution in [2.75, 3.05) is 0 Å². The van der Waals surface area contributed by atoms with Crippen LogP contribution in [-0.2, 0) is 16.5 Å². The van der Waals surface area contributed by atoms with Crippen LogP contribution in [0.2, 0.25) is 0 Å². The van der Waals surface area contributed by atoms with Gasteiger partial charge in [-0.25, -0.2) is 4.99 Å². The molecule has 40 heavy (non-hydrogen) atoms. The summed E-state index contributed by atoms with van der Waals surface area (Å²) in [7, 11) is 0. The Morgan fingerprint density at radius 2 is 0.925 bits per heavy atom. The number of benzene rings is 2. The average molecular weight is 588 g/mol.